The van der Waals surface area contributed by atoms with E-state index in [1.807, 2.05) is 11.3 Å². The zero-order valence-corrected chi connectivity index (χ0v) is 25.0. The first-order valence-corrected chi connectivity index (χ1v) is 16.1. The van der Waals surface area contributed by atoms with Gasteiger partial charge in [0.25, 0.3) is 0 Å². The number of fused-ring (bicyclic) bond motifs is 10. The lowest BCUT2D eigenvalue weighted by molar-refractivity contribution is 0.673. The second-order valence-electron chi connectivity index (χ2n) is 11.7. The zero-order chi connectivity index (χ0) is 29.5. The molecule has 3 heterocycles. The second kappa shape index (κ2) is 9.43. The van der Waals surface area contributed by atoms with E-state index in [4.69, 9.17) is 4.42 Å². The van der Waals surface area contributed by atoms with Crippen LogP contribution in [0.4, 0.5) is 0 Å². The van der Waals surface area contributed by atoms with E-state index in [0.29, 0.717) is 0 Å². The van der Waals surface area contributed by atoms with Crippen LogP contribution in [0, 0.1) is 0 Å². The molecule has 0 N–H and O–H groups in total. The Morgan fingerprint density at radius 2 is 1.24 bits per heavy atom. The van der Waals surface area contributed by atoms with Crippen LogP contribution in [-0.4, -0.2) is 4.57 Å². The van der Waals surface area contributed by atoms with Crippen LogP contribution in [0.2, 0.25) is 0 Å². The van der Waals surface area contributed by atoms with Gasteiger partial charge in [0.2, 0.25) is 0 Å². The molecule has 0 unspecified atom stereocenters. The molecule has 10 rings (SSSR count). The van der Waals surface area contributed by atoms with E-state index in [1.165, 1.54) is 64.5 Å². The van der Waals surface area contributed by atoms with E-state index < -0.39 is 0 Å². The fraction of sp³-hybridized carbons (Fsp3) is 0. The summed E-state index contributed by atoms with van der Waals surface area (Å²) < 4.78 is 11.6. The molecule has 0 fully saturated rings. The minimum Gasteiger partial charge on any atom is -0.455 e. The van der Waals surface area contributed by atoms with Crippen molar-refractivity contribution in [2.45, 2.75) is 0 Å². The van der Waals surface area contributed by atoms with Gasteiger partial charge in [0.15, 0.2) is 0 Å². The number of nitrogens with zero attached hydrogens (tertiary/aromatic N) is 1. The minimum absolute atomic E-state index is 0.915. The number of hydrogen-bond donors (Lipinski definition) is 0. The van der Waals surface area contributed by atoms with E-state index >= 15 is 0 Å². The fourth-order valence-corrected chi connectivity index (χ4v) is 8.49. The molecule has 45 heavy (non-hydrogen) atoms. The Balaban J connectivity index is 1.20. The third-order valence-corrected chi connectivity index (χ3v) is 10.4. The van der Waals surface area contributed by atoms with Crippen LogP contribution in [0.3, 0.4) is 0 Å². The summed E-state index contributed by atoms with van der Waals surface area (Å²) in [6.45, 7) is 0. The number of hydrogen-bond acceptors (Lipinski definition) is 2. The third kappa shape index (κ3) is 3.56. The van der Waals surface area contributed by atoms with Gasteiger partial charge in [-0.1, -0.05) is 115 Å². The first-order chi connectivity index (χ1) is 22.3. The van der Waals surface area contributed by atoms with E-state index in [0.717, 1.165) is 27.3 Å². The summed E-state index contributed by atoms with van der Waals surface area (Å²) in [7, 11) is 0. The first kappa shape index (κ1) is 24.8. The molecule has 10 aromatic rings. The lowest BCUT2D eigenvalue weighted by Crippen LogP contribution is -1.92. The molecular weight excluding hydrogens is 567 g/mol. The summed E-state index contributed by atoms with van der Waals surface area (Å²) in [4.78, 5) is 0. The van der Waals surface area contributed by atoms with Gasteiger partial charge in [0.1, 0.15) is 11.2 Å². The summed E-state index contributed by atoms with van der Waals surface area (Å²) in [6, 6.07) is 54.6. The molecular formula is C42H25NOS. The average molecular weight is 592 g/mol. The molecule has 7 aromatic carbocycles. The smallest absolute Gasteiger partial charge is 0.143 e. The Bertz CT molecular complexity index is 2760. The van der Waals surface area contributed by atoms with Gasteiger partial charge in [-0.15, -0.1) is 11.3 Å². The predicted molar refractivity (Wildman–Crippen MR) is 192 cm³/mol. The van der Waals surface area contributed by atoms with Crippen molar-refractivity contribution < 1.29 is 4.42 Å². The highest BCUT2D eigenvalue weighted by atomic mass is 32.1. The maximum atomic E-state index is 6.54. The van der Waals surface area contributed by atoms with Gasteiger partial charge in [0.05, 0.1) is 15.7 Å². The van der Waals surface area contributed by atoms with Gasteiger partial charge in [-0.25, -0.2) is 0 Å². The van der Waals surface area contributed by atoms with Crippen LogP contribution in [0.15, 0.2) is 156 Å². The topological polar surface area (TPSA) is 18.1 Å². The molecule has 0 aliphatic rings. The predicted octanol–water partition coefficient (Wildman–Crippen LogP) is 12.4. The largest absolute Gasteiger partial charge is 0.455 e. The highest BCUT2D eigenvalue weighted by molar-refractivity contribution is 7.26. The first-order valence-electron chi connectivity index (χ1n) is 15.3. The molecule has 0 aliphatic heterocycles. The SMILES string of the molecule is c1ccc(-n2c3ccccc3c3sc4cc(-c5ccccc5-c5cccc6oc7c8ccccc8ccc7c56)ccc4c32)cc1. The Morgan fingerprint density at radius 3 is 2.16 bits per heavy atom. The monoisotopic (exact) mass is 591 g/mol. The van der Waals surface area contributed by atoms with Crippen LogP contribution >= 0.6 is 11.3 Å². The quantitative estimate of drug-likeness (QED) is 0.200. The molecule has 0 atom stereocenters. The zero-order valence-electron chi connectivity index (χ0n) is 24.2. The molecule has 0 bridgehead atoms. The average Bonchev–Trinajstić information content (AvgIpc) is 3.77. The summed E-state index contributed by atoms with van der Waals surface area (Å²) >= 11 is 1.89. The highest BCUT2D eigenvalue weighted by Gasteiger charge is 2.20. The molecule has 0 spiro atoms. The number of thiophene rings is 1. The number of benzene rings is 7. The molecule has 0 amide bonds. The summed E-state index contributed by atoms with van der Waals surface area (Å²) in [5, 5.41) is 7.23. The van der Waals surface area contributed by atoms with Crippen molar-refractivity contribution in [1.29, 1.82) is 0 Å². The number of para-hydroxylation sites is 2. The van der Waals surface area contributed by atoms with Gasteiger partial charge in [-0.2, -0.15) is 0 Å². The Kier molecular flexibility index (Phi) is 5.19. The van der Waals surface area contributed by atoms with Crippen LogP contribution < -0.4 is 0 Å². The van der Waals surface area contributed by atoms with Crippen molar-refractivity contribution in [3.63, 3.8) is 0 Å². The van der Waals surface area contributed by atoms with E-state index in [9.17, 15) is 0 Å². The second-order valence-corrected chi connectivity index (χ2v) is 12.7. The van der Waals surface area contributed by atoms with Crippen molar-refractivity contribution in [3.8, 4) is 27.9 Å². The molecule has 3 aromatic heterocycles. The number of aromatic nitrogens is 1. The van der Waals surface area contributed by atoms with Crippen LogP contribution in [-0.2, 0) is 0 Å². The molecule has 2 nitrogen and oxygen atoms in total. The van der Waals surface area contributed by atoms with Crippen LogP contribution in [0.5, 0.6) is 0 Å². The highest BCUT2D eigenvalue weighted by Crippen LogP contribution is 2.46. The molecule has 3 heteroatoms. The normalized spacial score (nSPS) is 12.0. The van der Waals surface area contributed by atoms with Crippen molar-refractivity contribution >= 4 is 75.3 Å². The summed E-state index contributed by atoms with van der Waals surface area (Å²) in [6.07, 6.45) is 0. The van der Waals surface area contributed by atoms with Gasteiger partial charge in [0, 0.05) is 37.3 Å². The minimum atomic E-state index is 0.915. The maximum Gasteiger partial charge on any atom is 0.143 e. The van der Waals surface area contributed by atoms with Crippen LogP contribution in [0.1, 0.15) is 0 Å². The van der Waals surface area contributed by atoms with Gasteiger partial charge in [-0.3, -0.25) is 0 Å². The fourth-order valence-electron chi connectivity index (χ4n) is 7.23. The standard InChI is InChI=1S/C42H25NOS/c1-2-12-28(13-3-1)43-36-19-9-8-17-33(36)42-40(43)34-23-22-27(25-38(34)45-42)29-14-6-7-16-31(29)32-18-10-20-37-39(32)35-24-21-26-11-4-5-15-30(26)41(35)44-37/h1-25H. The van der Waals surface area contributed by atoms with Gasteiger partial charge >= 0.3 is 0 Å². The third-order valence-electron chi connectivity index (χ3n) is 9.21. The van der Waals surface area contributed by atoms with Crippen molar-refractivity contribution in [3.05, 3.63) is 152 Å². The molecule has 210 valence electrons. The number of rotatable bonds is 3. The van der Waals surface area contributed by atoms with Crippen molar-refractivity contribution in [2.24, 2.45) is 0 Å². The van der Waals surface area contributed by atoms with Gasteiger partial charge in [-0.05, 0) is 64.0 Å². The van der Waals surface area contributed by atoms with Gasteiger partial charge < -0.3 is 8.98 Å². The maximum absolute atomic E-state index is 6.54. The molecule has 0 saturated heterocycles. The molecule has 0 radical (unpaired) electrons. The molecule has 0 aliphatic carbocycles. The van der Waals surface area contributed by atoms with E-state index in [2.05, 4.69) is 156 Å². The summed E-state index contributed by atoms with van der Waals surface area (Å²) in [5.41, 5.74) is 10.4. The number of furan rings is 1. The van der Waals surface area contributed by atoms with Crippen molar-refractivity contribution in [1.82, 2.24) is 4.57 Å². The van der Waals surface area contributed by atoms with E-state index in [1.54, 1.807) is 0 Å². The Labute approximate surface area is 263 Å². The summed E-state index contributed by atoms with van der Waals surface area (Å²) in [5.74, 6) is 0. The van der Waals surface area contributed by atoms with Crippen molar-refractivity contribution in [2.75, 3.05) is 0 Å². The molecule has 0 saturated carbocycles. The lowest BCUT2D eigenvalue weighted by atomic mass is 9.91. The Morgan fingerprint density at radius 1 is 0.511 bits per heavy atom. The van der Waals surface area contributed by atoms with Crippen LogP contribution in [0.25, 0.3) is 91.9 Å². The van der Waals surface area contributed by atoms with E-state index in [-0.39, 0.29) is 0 Å². The Hall–Kier alpha value is -5.64. The lowest BCUT2D eigenvalue weighted by Gasteiger charge is -2.12.